The predicted molar refractivity (Wildman–Crippen MR) is 56.0 cm³/mol. The highest BCUT2D eigenvalue weighted by Crippen LogP contribution is 2.37. The van der Waals surface area contributed by atoms with Crippen LogP contribution < -0.4 is 5.73 Å². The molecule has 0 spiro atoms. The highest BCUT2D eigenvalue weighted by molar-refractivity contribution is 5.29. The van der Waals surface area contributed by atoms with Gasteiger partial charge >= 0.3 is 0 Å². The molecule has 82 valence electrons. The third-order valence-corrected chi connectivity index (χ3v) is 3.14. The molecule has 0 aromatic heterocycles. The van der Waals surface area contributed by atoms with Crippen LogP contribution in [0.4, 0.5) is 8.78 Å². The van der Waals surface area contributed by atoms with Gasteiger partial charge in [-0.05, 0) is 29.9 Å². The van der Waals surface area contributed by atoms with Crippen LogP contribution in [0.3, 0.4) is 0 Å². The number of hydrogen-bond acceptors (Lipinski definition) is 1. The second-order valence-electron chi connectivity index (χ2n) is 4.16. The van der Waals surface area contributed by atoms with E-state index in [9.17, 15) is 8.78 Å². The number of halogens is 2. The van der Waals surface area contributed by atoms with Gasteiger partial charge in [0.1, 0.15) is 0 Å². The minimum atomic E-state index is -2.48. The average Bonchev–Trinajstić information content (AvgIpc) is 2.14. The van der Waals surface area contributed by atoms with Gasteiger partial charge in [-0.2, -0.15) is 0 Å². The fourth-order valence-corrected chi connectivity index (χ4v) is 1.91. The van der Waals surface area contributed by atoms with E-state index < -0.39 is 12.5 Å². The number of nitrogens with two attached hydrogens (primary N) is 1. The van der Waals surface area contributed by atoms with E-state index in [1.807, 2.05) is 18.2 Å². The molecule has 3 heteroatoms. The minimum absolute atomic E-state index is 0.550. The van der Waals surface area contributed by atoms with E-state index in [0.717, 1.165) is 5.56 Å². The van der Waals surface area contributed by atoms with E-state index in [1.54, 1.807) is 6.07 Å². The first-order chi connectivity index (χ1) is 7.18. The van der Waals surface area contributed by atoms with Crippen molar-refractivity contribution in [2.45, 2.75) is 37.6 Å². The lowest BCUT2D eigenvalue weighted by Gasteiger charge is -2.26. The number of alkyl halides is 2. The zero-order valence-corrected chi connectivity index (χ0v) is 8.50. The Kier molecular flexibility index (Phi) is 3.00. The van der Waals surface area contributed by atoms with E-state index in [-0.39, 0.29) is 0 Å². The van der Waals surface area contributed by atoms with Crippen molar-refractivity contribution < 1.29 is 8.78 Å². The van der Waals surface area contributed by atoms with Crippen LogP contribution in [-0.2, 0) is 0 Å². The van der Waals surface area contributed by atoms with Gasteiger partial charge in [0.2, 0.25) is 0 Å². The van der Waals surface area contributed by atoms with Crippen LogP contribution in [0.15, 0.2) is 24.3 Å². The van der Waals surface area contributed by atoms with Crippen molar-refractivity contribution in [1.29, 1.82) is 0 Å². The van der Waals surface area contributed by atoms with Crippen LogP contribution in [-0.4, -0.2) is 6.43 Å². The summed E-state index contributed by atoms with van der Waals surface area (Å²) in [4.78, 5) is 0. The first kappa shape index (κ1) is 10.6. The maximum atomic E-state index is 12.4. The van der Waals surface area contributed by atoms with Crippen LogP contribution in [0.25, 0.3) is 0 Å². The van der Waals surface area contributed by atoms with E-state index in [2.05, 4.69) is 0 Å². The van der Waals surface area contributed by atoms with Gasteiger partial charge in [-0.15, -0.1) is 0 Å². The monoisotopic (exact) mass is 211 g/mol. The van der Waals surface area contributed by atoms with Crippen molar-refractivity contribution in [3.05, 3.63) is 35.4 Å². The standard InChI is InChI=1S/C12H15F2N/c13-12(14)11(15)10-6-2-5-9(7-10)8-3-1-4-8/h2,5-8,11-12H,1,3-4,15H2. The van der Waals surface area contributed by atoms with Gasteiger partial charge in [-0.1, -0.05) is 30.7 Å². The van der Waals surface area contributed by atoms with Crippen molar-refractivity contribution in [3.8, 4) is 0 Å². The summed E-state index contributed by atoms with van der Waals surface area (Å²) in [5.74, 6) is 0.565. The van der Waals surface area contributed by atoms with Crippen LogP contribution in [0.2, 0.25) is 0 Å². The molecule has 2 rings (SSSR count). The second kappa shape index (κ2) is 4.27. The number of rotatable bonds is 3. The Hall–Kier alpha value is -0.960. The van der Waals surface area contributed by atoms with Gasteiger partial charge in [0.05, 0.1) is 6.04 Å². The molecule has 1 unspecified atom stereocenters. The fourth-order valence-electron chi connectivity index (χ4n) is 1.91. The Labute approximate surface area is 88.3 Å². The normalized spacial score (nSPS) is 18.9. The summed E-state index contributed by atoms with van der Waals surface area (Å²) in [5.41, 5.74) is 7.13. The van der Waals surface area contributed by atoms with Crippen molar-refractivity contribution in [1.82, 2.24) is 0 Å². The summed E-state index contributed by atoms with van der Waals surface area (Å²) in [7, 11) is 0. The van der Waals surface area contributed by atoms with Gasteiger partial charge in [0.15, 0.2) is 0 Å². The molecule has 0 bridgehead atoms. The predicted octanol–water partition coefficient (Wildman–Crippen LogP) is 3.22. The Bertz CT molecular complexity index is 334. The van der Waals surface area contributed by atoms with Crippen LogP contribution in [0, 0.1) is 0 Å². The first-order valence-corrected chi connectivity index (χ1v) is 5.32. The lowest BCUT2D eigenvalue weighted by Crippen LogP contribution is -2.19. The number of benzene rings is 1. The summed E-state index contributed by atoms with van der Waals surface area (Å²) in [6.07, 6.45) is 1.11. The number of hydrogen-bond donors (Lipinski definition) is 1. The van der Waals surface area contributed by atoms with E-state index in [0.29, 0.717) is 11.5 Å². The van der Waals surface area contributed by atoms with E-state index >= 15 is 0 Å². The highest BCUT2D eigenvalue weighted by atomic mass is 19.3. The first-order valence-electron chi connectivity index (χ1n) is 5.32. The second-order valence-corrected chi connectivity index (χ2v) is 4.16. The van der Waals surface area contributed by atoms with Crippen LogP contribution >= 0.6 is 0 Å². The molecule has 1 aromatic carbocycles. The topological polar surface area (TPSA) is 26.0 Å². The molecule has 15 heavy (non-hydrogen) atoms. The zero-order chi connectivity index (χ0) is 10.8. The smallest absolute Gasteiger partial charge is 0.257 e. The van der Waals surface area contributed by atoms with Crippen LogP contribution in [0.1, 0.15) is 42.3 Å². The van der Waals surface area contributed by atoms with E-state index in [4.69, 9.17) is 5.73 Å². The quantitative estimate of drug-likeness (QED) is 0.816. The molecule has 0 aliphatic heterocycles. The van der Waals surface area contributed by atoms with Crippen molar-refractivity contribution in [3.63, 3.8) is 0 Å². The SMILES string of the molecule is NC(c1cccc(C2CCC2)c1)C(F)F. The lowest BCUT2D eigenvalue weighted by atomic mass is 9.79. The third kappa shape index (κ3) is 2.17. The van der Waals surface area contributed by atoms with Gasteiger partial charge < -0.3 is 5.73 Å². The molecular formula is C12H15F2N. The Morgan fingerprint density at radius 2 is 2.00 bits per heavy atom. The fraction of sp³-hybridized carbons (Fsp3) is 0.500. The molecular weight excluding hydrogens is 196 g/mol. The maximum Gasteiger partial charge on any atom is 0.257 e. The Morgan fingerprint density at radius 3 is 2.53 bits per heavy atom. The largest absolute Gasteiger partial charge is 0.319 e. The maximum absolute atomic E-state index is 12.4. The molecule has 1 nitrogen and oxygen atoms in total. The van der Waals surface area contributed by atoms with Crippen LogP contribution in [0.5, 0.6) is 0 Å². The molecule has 1 aliphatic rings. The molecule has 0 heterocycles. The minimum Gasteiger partial charge on any atom is -0.319 e. The Balaban J connectivity index is 2.18. The molecule has 0 amide bonds. The van der Waals surface area contributed by atoms with Crippen molar-refractivity contribution in [2.75, 3.05) is 0 Å². The summed E-state index contributed by atoms with van der Waals surface area (Å²) < 4.78 is 24.8. The van der Waals surface area contributed by atoms with Gasteiger partial charge in [-0.3, -0.25) is 0 Å². The molecule has 1 saturated carbocycles. The summed E-state index contributed by atoms with van der Waals surface area (Å²) in [6, 6.07) is 6.20. The molecule has 1 fully saturated rings. The highest BCUT2D eigenvalue weighted by Gasteiger charge is 2.22. The average molecular weight is 211 g/mol. The summed E-state index contributed by atoms with van der Waals surface area (Å²) in [6.45, 7) is 0. The van der Waals surface area contributed by atoms with E-state index in [1.165, 1.54) is 19.3 Å². The lowest BCUT2D eigenvalue weighted by molar-refractivity contribution is 0.116. The molecule has 1 aromatic rings. The van der Waals surface area contributed by atoms with Gasteiger partial charge in [0.25, 0.3) is 6.43 Å². The molecule has 2 N–H and O–H groups in total. The Morgan fingerprint density at radius 1 is 1.27 bits per heavy atom. The van der Waals surface area contributed by atoms with Crippen molar-refractivity contribution in [2.24, 2.45) is 5.73 Å². The molecule has 0 saturated heterocycles. The molecule has 1 atom stereocenters. The molecule has 1 aliphatic carbocycles. The van der Waals surface area contributed by atoms with Crippen molar-refractivity contribution >= 4 is 0 Å². The van der Waals surface area contributed by atoms with Gasteiger partial charge in [0, 0.05) is 0 Å². The summed E-state index contributed by atoms with van der Waals surface area (Å²) in [5, 5.41) is 0. The third-order valence-electron chi connectivity index (χ3n) is 3.14. The zero-order valence-electron chi connectivity index (χ0n) is 8.50. The summed E-state index contributed by atoms with van der Waals surface area (Å²) >= 11 is 0. The van der Waals surface area contributed by atoms with Gasteiger partial charge in [-0.25, -0.2) is 8.78 Å². The molecule has 0 radical (unpaired) electrons.